The highest BCUT2D eigenvalue weighted by atomic mass is 16.6. The van der Waals surface area contributed by atoms with Gasteiger partial charge < -0.3 is 9.57 Å². The molecule has 1 aromatic carbocycles. The van der Waals surface area contributed by atoms with Gasteiger partial charge in [-0.1, -0.05) is 24.3 Å². The molecule has 0 heterocycles. The second kappa shape index (κ2) is 6.52. The summed E-state index contributed by atoms with van der Waals surface area (Å²) in [6.07, 6.45) is 2.26. The SMILES string of the molecule is CCOC(=O)CCONC1Cc2ccccc2C1. The highest BCUT2D eigenvalue weighted by molar-refractivity contribution is 5.69. The maximum atomic E-state index is 11.1. The molecule has 0 saturated carbocycles. The first-order valence-corrected chi connectivity index (χ1v) is 6.39. The summed E-state index contributed by atoms with van der Waals surface area (Å²) in [5.41, 5.74) is 5.78. The fourth-order valence-corrected chi connectivity index (χ4v) is 2.19. The van der Waals surface area contributed by atoms with Crippen LogP contribution in [0.1, 0.15) is 24.5 Å². The van der Waals surface area contributed by atoms with E-state index < -0.39 is 0 Å². The third-order valence-electron chi connectivity index (χ3n) is 3.01. The van der Waals surface area contributed by atoms with Gasteiger partial charge in [-0.15, -0.1) is 0 Å². The minimum Gasteiger partial charge on any atom is -0.466 e. The van der Waals surface area contributed by atoms with Gasteiger partial charge in [0.1, 0.15) is 0 Å². The average Bonchev–Trinajstić information content (AvgIpc) is 2.77. The van der Waals surface area contributed by atoms with E-state index in [0.29, 0.717) is 25.7 Å². The number of rotatable bonds is 6. The second-order valence-electron chi connectivity index (χ2n) is 4.40. The van der Waals surface area contributed by atoms with E-state index in [1.165, 1.54) is 11.1 Å². The van der Waals surface area contributed by atoms with Gasteiger partial charge in [0.25, 0.3) is 0 Å². The van der Waals surface area contributed by atoms with E-state index in [-0.39, 0.29) is 5.97 Å². The molecule has 4 heteroatoms. The predicted octanol–water partition coefficient (Wildman–Crippen LogP) is 1.63. The summed E-state index contributed by atoms with van der Waals surface area (Å²) < 4.78 is 4.82. The predicted molar refractivity (Wildman–Crippen MR) is 68.0 cm³/mol. The highest BCUT2D eigenvalue weighted by Crippen LogP contribution is 2.21. The number of carbonyl (C=O) groups is 1. The molecule has 0 fully saturated rings. The Hall–Kier alpha value is -1.39. The molecule has 0 bridgehead atoms. The van der Waals surface area contributed by atoms with Crippen LogP contribution in [-0.4, -0.2) is 25.2 Å². The lowest BCUT2D eigenvalue weighted by atomic mass is 10.1. The van der Waals surface area contributed by atoms with Crippen LogP contribution < -0.4 is 5.48 Å². The van der Waals surface area contributed by atoms with Crippen molar-refractivity contribution in [3.63, 3.8) is 0 Å². The van der Waals surface area contributed by atoms with Gasteiger partial charge in [0, 0.05) is 6.04 Å². The molecule has 0 spiro atoms. The Labute approximate surface area is 107 Å². The van der Waals surface area contributed by atoms with Crippen LogP contribution in [0.15, 0.2) is 24.3 Å². The molecule has 1 N–H and O–H groups in total. The van der Waals surface area contributed by atoms with Crippen molar-refractivity contribution in [1.82, 2.24) is 5.48 Å². The van der Waals surface area contributed by atoms with E-state index in [4.69, 9.17) is 9.57 Å². The number of hydroxylamine groups is 1. The van der Waals surface area contributed by atoms with E-state index in [0.717, 1.165) is 12.8 Å². The van der Waals surface area contributed by atoms with Crippen LogP contribution in [0.25, 0.3) is 0 Å². The van der Waals surface area contributed by atoms with Gasteiger partial charge in [0.2, 0.25) is 0 Å². The summed E-state index contributed by atoms with van der Waals surface area (Å²) in [6, 6.07) is 8.72. The number of esters is 1. The van der Waals surface area contributed by atoms with Gasteiger partial charge in [-0.2, -0.15) is 5.48 Å². The molecule has 0 aromatic heterocycles. The van der Waals surface area contributed by atoms with Gasteiger partial charge in [-0.25, -0.2) is 0 Å². The minimum atomic E-state index is -0.214. The van der Waals surface area contributed by atoms with E-state index in [1.807, 2.05) is 0 Å². The van der Waals surface area contributed by atoms with Crippen LogP contribution in [0.4, 0.5) is 0 Å². The zero-order valence-electron chi connectivity index (χ0n) is 10.6. The van der Waals surface area contributed by atoms with Gasteiger partial charge in [-0.05, 0) is 30.9 Å². The monoisotopic (exact) mass is 249 g/mol. The van der Waals surface area contributed by atoms with Crippen molar-refractivity contribution in [3.8, 4) is 0 Å². The summed E-state index contributed by atoms with van der Waals surface area (Å²) in [5.74, 6) is -0.214. The van der Waals surface area contributed by atoms with Crippen LogP contribution in [0.2, 0.25) is 0 Å². The first-order valence-electron chi connectivity index (χ1n) is 6.39. The molecule has 1 aliphatic rings. The molecule has 98 valence electrons. The molecule has 18 heavy (non-hydrogen) atoms. The minimum absolute atomic E-state index is 0.214. The molecular formula is C14H19NO3. The number of nitrogens with one attached hydrogen (secondary N) is 1. The van der Waals surface area contributed by atoms with Gasteiger partial charge >= 0.3 is 5.97 Å². The number of fused-ring (bicyclic) bond motifs is 1. The van der Waals surface area contributed by atoms with E-state index >= 15 is 0 Å². The van der Waals surface area contributed by atoms with Crippen LogP contribution in [0.3, 0.4) is 0 Å². The van der Waals surface area contributed by atoms with Crippen LogP contribution in [0, 0.1) is 0 Å². The van der Waals surface area contributed by atoms with Crippen molar-refractivity contribution in [1.29, 1.82) is 0 Å². The average molecular weight is 249 g/mol. The number of hydrogen-bond acceptors (Lipinski definition) is 4. The first-order chi connectivity index (χ1) is 8.79. The van der Waals surface area contributed by atoms with Gasteiger partial charge in [-0.3, -0.25) is 4.79 Å². The molecule has 0 saturated heterocycles. The van der Waals surface area contributed by atoms with Gasteiger partial charge in [0.05, 0.1) is 19.6 Å². The smallest absolute Gasteiger partial charge is 0.308 e. The number of carbonyl (C=O) groups excluding carboxylic acids is 1. The third-order valence-corrected chi connectivity index (χ3v) is 3.01. The maximum Gasteiger partial charge on any atom is 0.308 e. The first kappa shape index (κ1) is 13.1. The Morgan fingerprint density at radius 3 is 2.61 bits per heavy atom. The summed E-state index contributed by atoms with van der Waals surface area (Å²) in [4.78, 5) is 16.4. The summed E-state index contributed by atoms with van der Waals surface area (Å²) in [5, 5.41) is 0. The zero-order chi connectivity index (χ0) is 12.8. The van der Waals surface area contributed by atoms with Crippen molar-refractivity contribution in [3.05, 3.63) is 35.4 Å². The molecule has 0 radical (unpaired) electrons. The number of benzene rings is 1. The quantitative estimate of drug-likeness (QED) is 0.473. The normalized spacial score (nSPS) is 14.5. The molecule has 4 nitrogen and oxygen atoms in total. The fraction of sp³-hybridized carbons (Fsp3) is 0.500. The van der Waals surface area contributed by atoms with E-state index in [1.54, 1.807) is 6.92 Å². The van der Waals surface area contributed by atoms with E-state index in [9.17, 15) is 4.79 Å². The molecule has 0 aliphatic heterocycles. The van der Waals surface area contributed by atoms with Crippen molar-refractivity contribution in [2.24, 2.45) is 0 Å². The Bertz CT molecular complexity index is 381. The Morgan fingerprint density at radius 2 is 2.00 bits per heavy atom. The molecule has 2 rings (SSSR count). The van der Waals surface area contributed by atoms with Crippen LogP contribution in [-0.2, 0) is 27.2 Å². The molecule has 1 aliphatic carbocycles. The third kappa shape index (κ3) is 3.55. The summed E-state index contributed by atoms with van der Waals surface area (Å²) in [7, 11) is 0. The Kier molecular flexibility index (Phi) is 4.73. The van der Waals surface area contributed by atoms with Crippen LogP contribution >= 0.6 is 0 Å². The number of hydrogen-bond donors (Lipinski definition) is 1. The largest absolute Gasteiger partial charge is 0.466 e. The van der Waals surface area contributed by atoms with Crippen molar-refractivity contribution < 1.29 is 14.4 Å². The molecule has 1 aromatic rings. The molecule has 0 atom stereocenters. The van der Waals surface area contributed by atoms with Crippen molar-refractivity contribution >= 4 is 5.97 Å². The van der Waals surface area contributed by atoms with Gasteiger partial charge in [0.15, 0.2) is 0 Å². The molecule has 0 unspecified atom stereocenters. The highest BCUT2D eigenvalue weighted by Gasteiger charge is 2.20. The lowest BCUT2D eigenvalue weighted by Crippen LogP contribution is -2.30. The molecular weight excluding hydrogens is 230 g/mol. The number of ether oxygens (including phenoxy) is 1. The molecule has 0 amide bonds. The van der Waals surface area contributed by atoms with Crippen molar-refractivity contribution in [2.45, 2.75) is 32.2 Å². The zero-order valence-corrected chi connectivity index (χ0v) is 10.6. The second-order valence-corrected chi connectivity index (χ2v) is 4.40. The van der Waals surface area contributed by atoms with Crippen molar-refractivity contribution in [2.75, 3.05) is 13.2 Å². The standard InChI is InChI=1S/C14H19NO3/c1-2-17-14(16)7-8-18-15-13-9-11-5-3-4-6-12(11)10-13/h3-6,13,15H,2,7-10H2,1H3. The Balaban J connectivity index is 1.64. The summed E-state index contributed by atoms with van der Waals surface area (Å²) in [6.45, 7) is 2.57. The lowest BCUT2D eigenvalue weighted by Gasteiger charge is -2.11. The van der Waals surface area contributed by atoms with Crippen LogP contribution in [0.5, 0.6) is 0 Å². The maximum absolute atomic E-state index is 11.1. The summed E-state index contributed by atoms with van der Waals surface area (Å²) >= 11 is 0. The van der Waals surface area contributed by atoms with E-state index in [2.05, 4.69) is 29.7 Å². The Morgan fingerprint density at radius 1 is 1.33 bits per heavy atom. The lowest BCUT2D eigenvalue weighted by molar-refractivity contribution is -0.145. The fourth-order valence-electron chi connectivity index (χ4n) is 2.19. The topological polar surface area (TPSA) is 47.6 Å².